The Balaban J connectivity index is 1.79. The van der Waals surface area contributed by atoms with Crippen molar-refractivity contribution in [3.63, 3.8) is 0 Å². The molecule has 1 aromatic heterocycles. The van der Waals surface area contributed by atoms with Gasteiger partial charge in [-0.25, -0.2) is 4.98 Å². The molecule has 0 spiro atoms. The standard InChI is InChI=1S/C9H13N3S/c1-2-8(11-3-1)7-13-9-6-10-4-5-12-9/h4-6,8,11H,1-3,7H2/t8-/m1/s1. The molecule has 0 amide bonds. The van der Waals surface area contributed by atoms with Crippen LogP contribution in [-0.2, 0) is 0 Å². The van der Waals surface area contributed by atoms with Crippen molar-refractivity contribution in [3.8, 4) is 0 Å². The second-order valence-electron chi connectivity index (χ2n) is 3.15. The van der Waals surface area contributed by atoms with Crippen LogP contribution in [0.1, 0.15) is 12.8 Å². The highest BCUT2D eigenvalue weighted by Gasteiger charge is 2.13. The first-order chi connectivity index (χ1) is 6.45. The van der Waals surface area contributed by atoms with Gasteiger partial charge in [-0.15, -0.1) is 11.8 Å². The predicted molar refractivity (Wildman–Crippen MR) is 53.8 cm³/mol. The summed E-state index contributed by atoms with van der Waals surface area (Å²) in [4.78, 5) is 8.24. The van der Waals surface area contributed by atoms with Gasteiger partial charge in [0.25, 0.3) is 0 Å². The summed E-state index contributed by atoms with van der Waals surface area (Å²) in [5.74, 6) is 1.11. The van der Waals surface area contributed by atoms with E-state index in [2.05, 4.69) is 15.3 Å². The molecule has 1 N–H and O–H groups in total. The molecule has 0 radical (unpaired) electrons. The molecule has 2 rings (SSSR count). The number of nitrogens with zero attached hydrogens (tertiary/aromatic N) is 2. The van der Waals surface area contributed by atoms with Crippen LogP contribution in [0, 0.1) is 0 Å². The molecule has 0 saturated carbocycles. The summed E-state index contributed by atoms with van der Waals surface area (Å²) < 4.78 is 0. The van der Waals surface area contributed by atoms with Crippen LogP contribution in [-0.4, -0.2) is 28.3 Å². The van der Waals surface area contributed by atoms with E-state index in [9.17, 15) is 0 Å². The lowest BCUT2D eigenvalue weighted by Crippen LogP contribution is -2.23. The molecule has 1 aliphatic rings. The van der Waals surface area contributed by atoms with Crippen molar-refractivity contribution in [2.75, 3.05) is 12.3 Å². The van der Waals surface area contributed by atoms with Gasteiger partial charge in [-0.2, -0.15) is 0 Å². The fourth-order valence-electron chi connectivity index (χ4n) is 1.44. The first-order valence-electron chi connectivity index (χ1n) is 4.57. The zero-order valence-electron chi connectivity index (χ0n) is 7.44. The van der Waals surface area contributed by atoms with Crippen LogP contribution in [0.3, 0.4) is 0 Å². The van der Waals surface area contributed by atoms with Crippen molar-refractivity contribution in [1.29, 1.82) is 0 Å². The maximum absolute atomic E-state index is 4.21. The van der Waals surface area contributed by atoms with Crippen LogP contribution >= 0.6 is 11.8 Å². The van der Waals surface area contributed by atoms with E-state index in [0.29, 0.717) is 6.04 Å². The number of rotatable bonds is 3. The molecule has 0 aliphatic carbocycles. The van der Waals surface area contributed by atoms with E-state index in [4.69, 9.17) is 0 Å². The molecule has 1 aromatic rings. The molecule has 1 saturated heterocycles. The summed E-state index contributed by atoms with van der Waals surface area (Å²) in [6.45, 7) is 1.17. The topological polar surface area (TPSA) is 37.8 Å². The molecule has 3 nitrogen and oxygen atoms in total. The van der Waals surface area contributed by atoms with Crippen molar-refractivity contribution >= 4 is 11.8 Å². The predicted octanol–water partition coefficient (Wildman–Crippen LogP) is 1.32. The summed E-state index contributed by atoms with van der Waals surface area (Å²) in [7, 11) is 0. The summed E-state index contributed by atoms with van der Waals surface area (Å²) >= 11 is 1.78. The van der Waals surface area contributed by atoms with E-state index >= 15 is 0 Å². The van der Waals surface area contributed by atoms with Gasteiger partial charge in [0.15, 0.2) is 0 Å². The SMILES string of the molecule is c1cnc(SC[C@H]2CCCN2)cn1. The van der Waals surface area contributed by atoms with Gasteiger partial charge in [-0.05, 0) is 19.4 Å². The van der Waals surface area contributed by atoms with E-state index in [1.165, 1.54) is 19.4 Å². The maximum atomic E-state index is 4.21. The Morgan fingerprint density at radius 3 is 3.23 bits per heavy atom. The zero-order valence-corrected chi connectivity index (χ0v) is 8.26. The first kappa shape index (κ1) is 8.97. The second-order valence-corrected chi connectivity index (χ2v) is 4.19. The highest BCUT2D eigenvalue weighted by atomic mass is 32.2. The monoisotopic (exact) mass is 195 g/mol. The van der Waals surface area contributed by atoms with Crippen LogP contribution in [0.15, 0.2) is 23.6 Å². The molecule has 1 aliphatic heterocycles. The fraction of sp³-hybridized carbons (Fsp3) is 0.556. The molecule has 4 heteroatoms. The molecule has 0 bridgehead atoms. The Morgan fingerprint density at radius 1 is 1.54 bits per heavy atom. The summed E-state index contributed by atoms with van der Waals surface area (Å²) in [6, 6.07) is 0.673. The molecule has 0 unspecified atom stereocenters. The third kappa shape index (κ3) is 2.67. The summed E-state index contributed by atoms with van der Waals surface area (Å²) in [6.07, 6.45) is 7.88. The van der Waals surface area contributed by atoms with Gasteiger partial charge in [0.1, 0.15) is 5.03 Å². The Kier molecular flexibility index (Phi) is 3.16. The van der Waals surface area contributed by atoms with Gasteiger partial charge in [-0.3, -0.25) is 4.98 Å². The van der Waals surface area contributed by atoms with Crippen LogP contribution < -0.4 is 5.32 Å². The van der Waals surface area contributed by atoms with Gasteiger partial charge < -0.3 is 5.32 Å². The number of nitrogens with one attached hydrogen (secondary N) is 1. The van der Waals surface area contributed by atoms with Crippen molar-refractivity contribution in [2.24, 2.45) is 0 Å². The number of thioether (sulfide) groups is 1. The van der Waals surface area contributed by atoms with Crippen LogP contribution in [0.4, 0.5) is 0 Å². The highest BCUT2D eigenvalue weighted by Crippen LogP contribution is 2.17. The number of hydrogen-bond donors (Lipinski definition) is 1. The Labute approximate surface area is 82.4 Å². The first-order valence-corrected chi connectivity index (χ1v) is 5.56. The minimum Gasteiger partial charge on any atom is -0.313 e. The van der Waals surface area contributed by atoms with Gasteiger partial charge in [-0.1, -0.05) is 0 Å². The van der Waals surface area contributed by atoms with Crippen molar-refractivity contribution in [3.05, 3.63) is 18.6 Å². The van der Waals surface area contributed by atoms with E-state index in [1.807, 2.05) is 6.20 Å². The van der Waals surface area contributed by atoms with Crippen LogP contribution in [0.5, 0.6) is 0 Å². The molecule has 13 heavy (non-hydrogen) atoms. The van der Waals surface area contributed by atoms with E-state index < -0.39 is 0 Å². The third-order valence-electron chi connectivity index (χ3n) is 2.13. The second kappa shape index (κ2) is 4.58. The van der Waals surface area contributed by atoms with Crippen LogP contribution in [0.2, 0.25) is 0 Å². The highest BCUT2D eigenvalue weighted by molar-refractivity contribution is 7.99. The van der Waals surface area contributed by atoms with Gasteiger partial charge in [0.05, 0.1) is 6.20 Å². The van der Waals surface area contributed by atoms with Gasteiger partial charge >= 0.3 is 0 Å². The molecular formula is C9H13N3S. The Morgan fingerprint density at radius 2 is 2.54 bits per heavy atom. The molecule has 0 aromatic carbocycles. The smallest absolute Gasteiger partial charge is 0.114 e. The minimum atomic E-state index is 0.673. The lowest BCUT2D eigenvalue weighted by Gasteiger charge is -2.07. The lowest BCUT2D eigenvalue weighted by molar-refractivity contribution is 0.673. The van der Waals surface area contributed by atoms with Crippen molar-refractivity contribution in [2.45, 2.75) is 23.9 Å². The van der Waals surface area contributed by atoms with Crippen molar-refractivity contribution in [1.82, 2.24) is 15.3 Å². The number of hydrogen-bond acceptors (Lipinski definition) is 4. The average molecular weight is 195 g/mol. The van der Waals surface area contributed by atoms with Gasteiger partial charge in [0.2, 0.25) is 0 Å². The van der Waals surface area contributed by atoms with Crippen LogP contribution in [0.25, 0.3) is 0 Å². The molecular weight excluding hydrogens is 182 g/mol. The van der Waals surface area contributed by atoms with E-state index in [1.54, 1.807) is 24.2 Å². The normalized spacial score (nSPS) is 22.0. The lowest BCUT2D eigenvalue weighted by atomic mass is 10.3. The average Bonchev–Trinajstić information content (AvgIpc) is 2.69. The minimum absolute atomic E-state index is 0.673. The van der Waals surface area contributed by atoms with Crippen molar-refractivity contribution < 1.29 is 0 Å². The zero-order chi connectivity index (χ0) is 8.93. The molecule has 1 fully saturated rings. The summed E-state index contributed by atoms with van der Waals surface area (Å²) in [5.41, 5.74) is 0. The van der Waals surface area contributed by atoms with E-state index in [0.717, 1.165) is 10.8 Å². The van der Waals surface area contributed by atoms with Gasteiger partial charge in [0, 0.05) is 24.2 Å². The Bertz CT molecular complexity index is 246. The van der Waals surface area contributed by atoms with E-state index in [-0.39, 0.29) is 0 Å². The molecule has 2 heterocycles. The largest absolute Gasteiger partial charge is 0.313 e. The number of aromatic nitrogens is 2. The fourth-order valence-corrected chi connectivity index (χ4v) is 2.37. The summed E-state index contributed by atoms with van der Waals surface area (Å²) in [5, 5.41) is 4.48. The molecule has 1 atom stereocenters. The Hall–Kier alpha value is -0.610. The molecule has 70 valence electrons. The third-order valence-corrected chi connectivity index (χ3v) is 3.21. The maximum Gasteiger partial charge on any atom is 0.114 e. The quantitative estimate of drug-likeness (QED) is 0.738.